The lowest BCUT2D eigenvalue weighted by Gasteiger charge is -2.34. The Balaban J connectivity index is 1.98. The molecule has 4 N–H and O–H groups in total. The lowest BCUT2D eigenvalue weighted by Crippen LogP contribution is -2.53. The summed E-state index contributed by atoms with van der Waals surface area (Å²) < 4.78 is 10.7. The zero-order valence-electron chi connectivity index (χ0n) is 10.9. The number of carbonyl (C=O) groups is 1. The normalized spacial score (nSPS) is 27.2. The van der Waals surface area contributed by atoms with Gasteiger partial charge in [-0.1, -0.05) is 5.16 Å². The fourth-order valence-corrected chi connectivity index (χ4v) is 2.60. The summed E-state index contributed by atoms with van der Waals surface area (Å²) in [7, 11) is 0. The first-order valence-electron chi connectivity index (χ1n) is 6.65. The molecule has 2 fully saturated rings. The second kappa shape index (κ2) is 6.21. The van der Waals surface area contributed by atoms with E-state index in [4.69, 9.17) is 20.4 Å². The molecular formula is C12H21N3O4. The van der Waals surface area contributed by atoms with Crippen molar-refractivity contribution in [2.24, 2.45) is 16.3 Å². The molecule has 0 spiro atoms. The molecule has 7 heteroatoms. The molecule has 0 aliphatic carbocycles. The van der Waals surface area contributed by atoms with Crippen molar-refractivity contribution in [1.82, 2.24) is 5.32 Å². The molecule has 2 heterocycles. The van der Waals surface area contributed by atoms with Crippen LogP contribution in [-0.4, -0.2) is 49.4 Å². The molecule has 0 bridgehead atoms. The Labute approximate surface area is 112 Å². The van der Waals surface area contributed by atoms with E-state index < -0.39 is 5.41 Å². The molecule has 2 saturated heterocycles. The highest BCUT2D eigenvalue weighted by atomic mass is 16.5. The van der Waals surface area contributed by atoms with Gasteiger partial charge in [0.05, 0.1) is 6.10 Å². The maximum Gasteiger partial charge on any atom is 0.234 e. The molecule has 19 heavy (non-hydrogen) atoms. The molecule has 0 aromatic rings. The molecule has 2 rings (SSSR count). The number of rotatable bonds is 4. The molecule has 7 nitrogen and oxygen atoms in total. The molecule has 108 valence electrons. The first-order valence-corrected chi connectivity index (χ1v) is 6.65. The highest BCUT2D eigenvalue weighted by Crippen LogP contribution is 2.31. The number of nitrogens with zero attached hydrogens (tertiary/aromatic N) is 1. The van der Waals surface area contributed by atoms with Crippen LogP contribution >= 0.6 is 0 Å². The molecule has 2 aliphatic rings. The van der Waals surface area contributed by atoms with Gasteiger partial charge >= 0.3 is 0 Å². The van der Waals surface area contributed by atoms with E-state index in [2.05, 4.69) is 10.5 Å². The monoisotopic (exact) mass is 271 g/mol. The van der Waals surface area contributed by atoms with Gasteiger partial charge in [-0.3, -0.25) is 4.79 Å². The van der Waals surface area contributed by atoms with Crippen molar-refractivity contribution in [3.8, 4) is 0 Å². The number of nitrogens with two attached hydrogens (primary N) is 1. The van der Waals surface area contributed by atoms with Gasteiger partial charge in [-0.2, -0.15) is 0 Å². The summed E-state index contributed by atoms with van der Waals surface area (Å²) in [6, 6.07) is 0. The third-order valence-corrected chi connectivity index (χ3v) is 3.89. The lowest BCUT2D eigenvalue weighted by molar-refractivity contribution is -0.132. The van der Waals surface area contributed by atoms with E-state index >= 15 is 0 Å². The van der Waals surface area contributed by atoms with E-state index in [1.54, 1.807) is 0 Å². The molecule has 0 radical (unpaired) electrons. The van der Waals surface area contributed by atoms with E-state index in [0.717, 1.165) is 19.4 Å². The Morgan fingerprint density at radius 1 is 1.42 bits per heavy atom. The highest BCUT2D eigenvalue weighted by molar-refractivity contribution is 6.06. The van der Waals surface area contributed by atoms with E-state index in [1.165, 1.54) is 0 Å². The van der Waals surface area contributed by atoms with Gasteiger partial charge < -0.3 is 25.7 Å². The Morgan fingerprint density at radius 3 is 2.74 bits per heavy atom. The van der Waals surface area contributed by atoms with Crippen LogP contribution in [-0.2, 0) is 14.3 Å². The topological polar surface area (TPSA) is 106 Å². The number of amides is 1. The average Bonchev–Trinajstić information content (AvgIpc) is 2.97. The van der Waals surface area contributed by atoms with Crippen molar-refractivity contribution in [1.29, 1.82) is 0 Å². The lowest BCUT2D eigenvalue weighted by atomic mass is 9.78. The largest absolute Gasteiger partial charge is 0.409 e. The van der Waals surface area contributed by atoms with Crippen molar-refractivity contribution in [2.45, 2.75) is 31.8 Å². The van der Waals surface area contributed by atoms with Gasteiger partial charge in [0.25, 0.3) is 0 Å². The number of nitrogens with one attached hydrogen (secondary N) is 1. The first-order chi connectivity index (χ1) is 9.19. The number of hydrogen-bond acceptors (Lipinski definition) is 5. The fraction of sp³-hybridized carbons (Fsp3) is 0.833. The second-order valence-electron chi connectivity index (χ2n) is 5.02. The maximum absolute atomic E-state index is 12.4. The number of amidine groups is 1. The number of carbonyl (C=O) groups excluding carboxylic acids is 1. The van der Waals surface area contributed by atoms with Crippen LogP contribution in [0.4, 0.5) is 0 Å². The SMILES string of the molecule is NC(=NO)C1(C(=O)NCC2CCCO2)CCOCC1. The first kappa shape index (κ1) is 14.1. The molecule has 0 aromatic carbocycles. The predicted molar refractivity (Wildman–Crippen MR) is 67.9 cm³/mol. The van der Waals surface area contributed by atoms with E-state index in [9.17, 15) is 4.79 Å². The van der Waals surface area contributed by atoms with Crippen LogP contribution in [0.2, 0.25) is 0 Å². The van der Waals surface area contributed by atoms with Crippen LogP contribution in [0.15, 0.2) is 5.16 Å². The number of ether oxygens (including phenoxy) is 2. The van der Waals surface area contributed by atoms with Gasteiger partial charge in [0.15, 0.2) is 5.84 Å². The second-order valence-corrected chi connectivity index (χ2v) is 5.02. The minimum Gasteiger partial charge on any atom is -0.409 e. The van der Waals surface area contributed by atoms with Crippen molar-refractivity contribution in [2.75, 3.05) is 26.4 Å². The van der Waals surface area contributed by atoms with Gasteiger partial charge in [0.1, 0.15) is 5.41 Å². The summed E-state index contributed by atoms with van der Waals surface area (Å²) in [6.07, 6.45) is 2.92. The van der Waals surface area contributed by atoms with Crippen molar-refractivity contribution in [3.63, 3.8) is 0 Å². The van der Waals surface area contributed by atoms with Gasteiger partial charge in [0.2, 0.25) is 5.91 Å². The summed E-state index contributed by atoms with van der Waals surface area (Å²) in [4.78, 5) is 12.4. The molecule has 0 aromatic heterocycles. The van der Waals surface area contributed by atoms with Crippen molar-refractivity contribution >= 4 is 11.7 Å². The molecule has 1 atom stereocenters. The van der Waals surface area contributed by atoms with Crippen LogP contribution in [0.5, 0.6) is 0 Å². The molecule has 2 aliphatic heterocycles. The summed E-state index contributed by atoms with van der Waals surface area (Å²) in [5.41, 5.74) is 4.77. The number of oxime groups is 1. The molecule has 0 saturated carbocycles. The maximum atomic E-state index is 12.4. The summed E-state index contributed by atoms with van der Waals surface area (Å²) >= 11 is 0. The van der Waals surface area contributed by atoms with Gasteiger partial charge in [-0.25, -0.2) is 0 Å². The molecule has 1 unspecified atom stereocenters. The van der Waals surface area contributed by atoms with Crippen LogP contribution in [0.1, 0.15) is 25.7 Å². The van der Waals surface area contributed by atoms with Crippen LogP contribution in [0, 0.1) is 5.41 Å². The minimum absolute atomic E-state index is 0.0411. The van der Waals surface area contributed by atoms with Crippen LogP contribution in [0.25, 0.3) is 0 Å². The fourth-order valence-electron chi connectivity index (χ4n) is 2.60. The van der Waals surface area contributed by atoms with Gasteiger partial charge in [-0.05, 0) is 25.7 Å². The van der Waals surface area contributed by atoms with Crippen molar-refractivity contribution < 1.29 is 19.5 Å². The third-order valence-electron chi connectivity index (χ3n) is 3.89. The zero-order chi connectivity index (χ0) is 13.7. The zero-order valence-corrected chi connectivity index (χ0v) is 10.9. The standard InChI is InChI=1S/C12H21N3O4/c13-10(15-17)12(3-6-18-7-4-12)11(16)14-8-9-2-1-5-19-9/h9,17H,1-8H2,(H2,13,15)(H,14,16). The van der Waals surface area contributed by atoms with E-state index in [1.807, 2.05) is 0 Å². The molecular weight excluding hydrogens is 250 g/mol. The van der Waals surface area contributed by atoms with Crippen LogP contribution < -0.4 is 11.1 Å². The highest BCUT2D eigenvalue weighted by Gasteiger charge is 2.44. The van der Waals surface area contributed by atoms with Gasteiger partial charge in [-0.15, -0.1) is 0 Å². The Kier molecular flexibility index (Phi) is 4.60. The summed E-state index contributed by atoms with van der Waals surface area (Å²) in [5.74, 6) is -0.248. The summed E-state index contributed by atoms with van der Waals surface area (Å²) in [6.45, 7) is 2.09. The quantitative estimate of drug-likeness (QED) is 0.285. The van der Waals surface area contributed by atoms with E-state index in [-0.39, 0.29) is 17.8 Å². The Morgan fingerprint density at radius 2 is 2.16 bits per heavy atom. The summed E-state index contributed by atoms with van der Waals surface area (Å²) in [5, 5.41) is 14.8. The minimum atomic E-state index is -0.953. The van der Waals surface area contributed by atoms with Gasteiger partial charge in [0, 0.05) is 26.4 Å². The third kappa shape index (κ3) is 2.98. The average molecular weight is 271 g/mol. The predicted octanol–water partition coefficient (Wildman–Crippen LogP) is -0.175. The van der Waals surface area contributed by atoms with E-state index in [0.29, 0.717) is 32.6 Å². The van der Waals surface area contributed by atoms with Crippen LogP contribution in [0.3, 0.4) is 0 Å². The van der Waals surface area contributed by atoms with Crippen molar-refractivity contribution in [3.05, 3.63) is 0 Å². The smallest absolute Gasteiger partial charge is 0.234 e. The number of hydrogen-bond donors (Lipinski definition) is 3. The Hall–Kier alpha value is -1.34. The Bertz CT molecular complexity index is 347. The molecule has 1 amide bonds.